The molecule has 0 saturated heterocycles. The average Bonchev–Trinajstić information content (AvgIpc) is 2.82. The van der Waals surface area contributed by atoms with Crippen LogP contribution in [0.5, 0.6) is 0 Å². The standard InChI is InChI=1S/C13H16N2O3S2/c1-9-3-4-11(7-16)5-13(9)20(17,18)15-6-12-10(2)14-8-19-12/h3-5,8,15-16H,6-7H2,1-2H3. The zero-order chi connectivity index (χ0) is 14.8. The monoisotopic (exact) mass is 312 g/mol. The fourth-order valence-corrected chi connectivity index (χ4v) is 3.86. The Bertz CT molecular complexity index is 708. The van der Waals surface area contributed by atoms with Gasteiger partial charge in [0.15, 0.2) is 0 Å². The molecular weight excluding hydrogens is 296 g/mol. The number of nitrogens with one attached hydrogen (secondary N) is 1. The highest BCUT2D eigenvalue weighted by atomic mass is 32.2. The summed E-state index contributed by atoms with van der Waals surface area (Å²) in [5, 5.41) is 9.11. The Kier molecular flexibility index (Phi) is 4.54. The smallest absolute Gasteiger partial charge is 0.241 e. The summed E-state index contributed by atoms with van der Waals surface area (Å²) in [6, 6.07) is 4.90. The van der Waals surface area contributed by atoms with Gasteiger partial charge in [-0.1, -0.05) is 12.1 Å². The number of thiazole rings is 1. The second-order valence-electron chi connectivity index (χ2n) is 4.44. The maximum atomic E-state index is 12.3. The number of sulfonamides is 1. The molecule has 0 fully saturated rings. The molecule has 1 aromatic heterocycles. The number of aliphatic hydroxyl groups excluding tert-OH is 1. The topological polar surface area (TPSA) is 79.3 Å². The van der Waals surface area contributed by atoms with E-state index in [0.717, 1.165) is 10.6 Å². The van der Waals surface area contributed by atoms with Gasteiger partial charge in [0.2, 0.25) is 10.0 Å². The number of hydrogen-bond donors (Lipinski definition) is 2. The van der Waals surface area contributed by atoms with E-state index in [2.05, 4.69) is 9.71 Å². The van der Waals surface area contributed by atoms with E-state index in [9.17, 15) is 8.42 Å². The summed E-state index contributed by atoms with van der Waals surface area (Å²) in [6.45, 7) is 3.61. The Hall–Kier alpha value is -1.28. The zero-order valence-electron chi connectivity index (χ0n) is 11.3. The highest BCUT2D eigenvalue weighted by Crippen LogP contribution is 2.18. The Labute approximate surface area is 122 Å². The van der Waals surface area contributed by atoms with Crippen molar-refractivity contribution in [1.82, 2.24) is 9.71 Å². The molecule has 0 amide bonds. The average molecular weight is 312 g/mol. The fraction of sp³-hybridized carbons (Fsp3) is 0.308. The van der Waals surface area contributed by atoms with Gasteiger partial charge in [-0.15, -0.1) is 11.3 Å². The molecule has 1 aromatic carbocycles. The van der Waals surface area contributed by atoms with Gasteiger partial charge in [0, 0.05) is 11.4 Å². The minimum Gasteiger partial charge on any atom is -0.392 e. The van der Waals surface area contributed by atoms with Crippen LogP contribution < -0.4 is 4.72 Å². The summed E-state index contributed by atoms with van der Waals surface area (Å²) in [5.41, 5.74) is 3.75. The quantitative estimate of drug-likeness (QED) is 0.881. The van der Waals surface area contributed by atoms with Crippen LogP contribution in [0.25, 0.3) is 0 Å². The van der Waals surface area contributed by atoms with Crippen molar-refractivity contribution < 1.29 is 13.5 Å². The predicted octanol–water partition coefficient (Wildman–Crippen LogP) is 1.73. The van der Waals surface area contributed by atoms with Crippen LogP contribution in [0.2, 0.25) is 0 Å². The first-order chi connectivity index (χ1) is 9.44. The van der Waals surface area contributed by atoms with Crippen LogP contribution in [0.1, 0.15) is 21.7 Å². The van der Waals surface area contributed by atoms with E-state index >= 15 is 0 Å². The second-order valence-corrected chi connectivity index (χ2v) is 7.12. The van der Waals surface area contributed by atoms with Gasteiger partial charge in [0.1, 0.15) is 0 Å². The maximum Gasteiger partial charge on any atom is 0.241 e. The number of rotatable bonds is 5. The molecule has 0 unspecified atom stereocenters. The number of hydrogen-bond acceptors (Lipinski definition) is 5. The van der Waals surface area contributed by atoms with E-state index in [1.807, 2.05) is 6.92 Å². The molecule has 2 aromatic rings. The number of aryl methyl sites for hydroxylation is 2. The Morgan fingerprint density at radius 2 is 2.10 bits per heavy atom. The minimum absolute atomic E-state index is 0.184. The molecule has 1 heterocycles. The van der Waals surface area contributed by atoms with Crippen LogP contribution in [0, 0.1) is 13.8 Å². The Morgan fingerprint density at radius 3 is 2.70 bits per heavy atom. The normalized spacial score (nSPS) is 11.8. The van der Waals surface area contributed by atoms with Crippen LogP contribution in [0.15, 0.2) is 28.6 Å². The molecule has 0 spiro atoms. The van der Waals surface area contributed by atoms with Crippen molar-refractivity contribution in [3.8, 4) is 0 Å². The lowest BCUT2D eigenvalue weighted by molar-refractivity contribution is 0.281. The molecule has 2 N–H and O–H groups in total. The van der Waals surface area contributed by atoms with Crippen LogP contribution in [0.3, 0.4) is 0 Å². The van der Waals surface area contributed by atoms with Crippen molar-refractivity contribution >= 4 is 21.4 Å². The van der Waals surface area contributed by atoms with Gasteiger partial charge in [-0.05, 0) is 31.0 Å². The lowest BCUT2D eigenvalue weighted by Gasteiger charge is -2.10. The van der Waals surface area contributed by atoms with Crippen LogP contribution in [-0.4, -0.2) is 18.5 Å². The molecule has 0 radical (unpaired) electrons. The first-order valence-electron chi connectivity index (χ1n) is 6.03. The molecule has 0 aliphatic rings. The maximum absolute atomic E-state index is 12.3. The molecule has 0 atom stereocenters. The molecule has 5 nitrogen and oxygen atoms in total. The lowest BCUT2D eigenvalue weighted by Crippen LogP contribution is -2.24. The Balaban J connectivity index is 2.24. The van der Waals surface area contributed by atoms with E-state index in [1.165, 1.54) is 17.4 Å². The summed E-state index contributed by atoms with van der Waals surface area (Å²) in [6.07, 6.45) is 0. The first kappa shape index (κ1) is 15.1. The molecule has 108 valence electrons. The summed E-state index contributed by atoms with van der Waals surface area (Å²) in [4.78, 5) is 5.18. The second kappa shape index (κ2) is 6.01. The fourth-order valence-electron chi connectivity index (χ4n) is 1.77. The third kappa shape index (κ3) is 3.24. The van der Waals surface area contributed by atoms with E-state index in [4.69, 9.17) is 5.11 Å². The number of aliphatic hydroxyl groups is 1. The van der Waals surface area contributed by atoms with Crippen molar-refractivity contribution in [2.75, 3.05) is 0 Å². The highest BCUT2D eigenvalue weighted by Gasteiger charge is 2.17. The van der Waals surface area contributed by atoms with Gasteiger partial charge < -0.3 is 5.11 Å². The van der Waals surface area contributed by atoms with Gasteiger partial charge in [-0.2, -0.15) is 0 Å². The zero-order valence-corrected chi connectivity index (χ0v) is 12.9. The van der Waals surface area contributed by atoms with Crippen LogP contribution >= 0.6 is 11.3 Å². The molecular formula is C13H16N2O3S2. The molecule has 0 bridgehead atoms. The van der Waals surface area contributed by atoms with Crippen molar-refractivity contribution in [2.45, 2.75) is 31.9 Å². The van der Waals surface area contributed by atoms with E-state index < -0.39 is 10.0 Å². The summed E-state index contributed by atoms with van der Waals surface area (Å²) >= 11 is 1.42. The first-order valence-corrected chi connectivity index (χ1v) is 8.39. The summed E-state index contributed by atoms with van der Waals surface area (Å²) in [5.74, 6) is 0. The van der Waals surface area contributed by atoms with E-state index in [1.54, 1.807) is 24.6 Å². The van der Waals surface area contributed by atoms with Crippen molar-refractivity contribution in [1.29, 1.82) is 0 Å². The lowest BCUT2D eigenvalue weighted by atomic mass is 10.2. The summed E-state index contributed by atoms with van der Waals surface area (Å²) in [7, 11) is -3.60. The third-order valence-corrected chi connectivity index (χ3v) is 5.47. The SMILES string of the molecule is Cc1ccc(CO)cc1S(=O)(=O)NCc1scnc1C. The van der Waals surface area contributed by atoms with Crippen molar-refractivity contribution in [3.05, 3.63) is 45.4 Å². The summed E-state index contributed by atoms with van der Waals surface area (Å²) < 4.78 is 27.2. The van der Waals surface area contributed by atoms with E-state index in [0.29, 0.717) is 11.1 Å². The predicted molar refractivity (Wildman–Crippen MR) is 78.0 cm³/mol. The third-order valence-electron chi connectivity index (χ3n) is 2.99. The number of benzene rings is 1. The molecule has 20 heavy (non-hydrogen) atoms. The van der Waals surface area contributed by atoms with Crippen LogP contribution in [0.4, 0.5) is 0 Å². The molecule has 0 aliphatic heterocycles. The van der Waals surface area contributed by atoms with Crippen molar-refractivity contribution in [2.24, 2.45) is 0 Å². The van der Waals surface area contributed by atoms with Crippen molar-refractivity contribution in [3.63, 3.8) is 0 Å². The molecule has 0 aliphatic carbocycles. The number of aromatic nitrogens is 1. The molecule has 2 rings (SSSR count). The molecule has 7 heteroatoms. The van der Waals surface area contributed by atoms with Gasteiger partial charge in [0.25, 0.3) is 0 Å². The van der Waals surface area contributed by atoms with Gasteiger partial charge in [-0.3, -0.25) is 0 Å². The largest absolute Gasteiger partial charge is 0.392 e. The van der Waals surface area contributed by atoms with Gasteiger partial charge >= 0.3 is 0 Å². The van der Waals surface area contributed by atoms with Crippen LogP contribution in [-0.2, 0) is 23.2 Å². The minimum atomic E-state index is -3.60. The highest BCUT2D eigenvalue weighted by molar-refractivity contribution is 7.89. The van der Waals surface area contributed by atoms with Gasteiger partial charge in [-0.25, -0.2) is 18.1 Å². The molecule has 0 saturated carbocycles. The van der Waals surface area contributed by atoms with E-state index in [-0.39, 0.29) is 18.0 Å². The Morgan fingerprint density at radius 1 is 1.35 bits per heavy atom. The van der Waals surface area contributed by atoms with Gasteiger partial charge in [0.05, 0.1) is 22.7 Å². The number of nitrogens with zero attached hydrogens (tertiary/aromatic N) is 1.